The summed E-state index contributed by atoms with van der Waals surface area (Å²) in [6, 6.07) is 16.1. The van der Waals surface area contributed by atoms with Crippen molar-refractivity contribution in [3.63, 3.8) is 0 Å². The number of urea groups is 1. The zero-order chi connectivity index (χ0) is 20.2. The Balaban J connectivity index is 1.37. The molecule has 0 saturated carbocycles. The lowest BCUT2D eigenvalue weighted by molar-refractivity contribution is -0.127. The summed E-state index contributed by atoms with van der Waals surface area (Å²) in [5, 5.41) is 6.23. The molecule has 1 fully saturated rings. The highest BCUT2D eigenvalue weighted by atomic mass is 16.2. The van der Waals surface area contributed by atoms with Crippen LogP contribution in [0.2, 0.25) is 0 Å². The highest BCUT2D eigenvalue weighted by Gasteiger charge is 2.30. The molecule has 2 atom stereocenters. The number of fused-ring (bicyclic) bond motifs is 1. The third-order valence-electron chi connectivity index (χ3n) is 6.03. The number of rotatable bonds is 3. The Kier molecular flexibility index (Phi) is 5.84. The first kappa shape index (κ1) is 19.5. The maximum atomic E-state index is 13.0. The minimum absolute atomic E-state index is 0.0692. The van der Waals surface area contributed by atoms with Gasteiger partial charge in [0.2, 0.25) is 5.91 Å². The first-order valence-electron chi connectivity index (χ1n) is 10.6. The van der Waals surface area contributed by atoms with E-state index in [0.717, 1.165) is 43.4 Å². The number of benzene rings is 2. The van der Waals surface area contributed by atoms with Gasteiger partial charge in [-0.3, -0.25) is 4.79 Å². The fraction of sp³-hybridized carbons (Fsp3) is 0.417. The maximum Gasteiger partial charge on any atom is 0.321 e. The Bertz CT molecular complexity index is 895. The highest BCUT2D eigenvalue weighted by Crippen LogP contribution is 2.30. The molecule has 0 spiro atoms. The van der Waals surface area contributed by atoms with Gasteiger partial charge in [-0.05, 0) is 67.9 Å². The van der Waals surface area contributed by atoms with Gasteiger partial charge in [0.15, 0.2) is 0 Å². The van der Waals surface area contributed by atoms with Crippen LogP contribution in [0.15, 0.2) is 48.5 Å². The van der Waals surface area contributed by atoms with Crippen LogP contribution in [0.3, 0.4) is 0 Å². The quantitative estimate of drug-likeness (QED) is 0.813. The average Bonchev–Trinajstić information content (AvgIpc) is 2.74. The number of aryl methyl sites for hydroxylation is 2. The smallest absolute Gasteiger partial charge is 0.321 e. The van der Waals surface area contributed by atoms with Crippen molar-refractivity contribution in [2.45, 2.75) is 45.1 Å². The lowest BCUT2D eigenvalue weighted by atomic mass is 9.87. The topological polar surface area (TPSA) is 61.4 Å². The van der Waals surface area contributed by atoms with Gasteiger partial charge >= 0.3 is 6.03 Å². The normalized spacial score (nSPS) is 21.2. The standard InChI is InChI=1S/C24H29N3O2/c1-17-7-4-11-20(15-17)25-24(29)27-14-6-10-19(16-27)23(28)26-22-13-5-9-18-8-2-3-12-21(18)22/h2-4,7-8,11-12,15,19,22H,5-6,9-10,13-14,16H2,1H3,(H,25,29)(H,26,28). The SMILES string of the molecule is Cc1cccc(NC(=O)N2CCCC(C(=O)NC3CCCc4ccccc43)C2)c1. The minimum Gasteiger partial charge on any atom is -0.349 e. The van der Waals surface area contributed by atoms with Gasteiger partial charge in [0.1, 0.15) is 0 Å². The van der Waals surface area contributed by atoms with Crippen molar-refractivity contribution < 1.29 is 9.59 Å². The Hall–Kier alpha value is -2.82. The molecule has 1 heterocycles. The second-order valence-electron chi connectivity index (χ2n) is 8.24. The second kappa shape index (κ2) is 8.68. The predicted octanol–water partition coefficient (Wildman–Crippen LogP) is 4.43. The van der Waals surface area contributed by atoms with E-state index in [0.29, 0.717) is 13.1 Å². The predicted molar refractivity (Wildman–Crippen MR) is 115 cm³/mol. The molecule has 0 radical (unpaired) electrons. The molecule has 1 aliphatic heterocycles. The van der Waals surface area contributed by atoms with E-state index < -0.39 is 0 Å². The van der Waals surface area contributed by atoms with Gasteiger partial charge in [-0.25, -0.2) is 4.79 Å². The number of anilines is 1. The number of piperidine rings is 1. The summed E-state index contributed by atoms with van der Waals surface area (Å²) >= 11 is 0. The fourth-order valence-electron chi connectivity index (χ4n) is 4.49. The van der Waals surface area contributed by atoms with E-state index in [2.05, 4.69) is 28.8 Å². The third kappa shape index (κ3) is 4.61. The van der Waals surface area contributed by atoms with Crippen LogP contribution in [0.1, 0.15) is 48.4 Å². The molecule has 29 heavy (non-hydrogen) atoms. The van der Waals surface area contributed by atoms with Gasteiger partial charge in [-0.2, -0.15) is 0 Å². The highest BCUT2D eigenvalue weighted by molar-refractivity contribution is 5.90. The zero-order valence-electron chi connectivity index (χ0n) is 17.0. The van der Waals surface area contributed by atoms with Crippen LogP contribution in [-0.2, 0) is 11.2 Å². The number of carbonyl (C=O) groups is 2. The number of carbonyl (C=O) groups excluding carboxylic acids is 2. The second-order valence-corrected chi connectivity index (χ2v) is 8.24. The van der Waals surface area contributed by atoms with E-state index in [4.69, 9.17) is 0 Å². The van der Waals surface area contributed by atoms with Gasteiger partial charge in [0.25, 0.3) is 0 Å². The van der Waals surface area contributed by atoms with Crippen molar-refractivity contribution >= 4 is 17.6 Å². The van der Waals surface area contributed by atoms with E-state index >= 15 is 0 Å². The first-order chi connectivity index (χ1) is 14.1. The Morgan fingerprint density at radius 1 is 1.03 bits per heavy atom. The van der Waals surface area contributed by atoms with Crippen molar-refractivity contribution in [3.05, 3.63) is 65.2 Å². The van der Waals surface area contributed by atoms with Crippen LogP contribution in [0.4, 0.5) is 10.5 Å². The van der Waals surface area contributed by atoms with Gasteiger partial charge in [-0.1, -0.05) is 36.4 Å². The number of nitrogens with one attached hydrogen (secondary N) is 2. The van der Waals surface area contributed by atoms with Crippen LogP contribution in [0, 0.1) is 12.8 Å². The number of amides is 3. The first-order valence-corrected chi connectivity index (χ1v) is 10.6. The third-order valence-corrected chi connectivity index (χ3v) is 6.03. The lowest BCUT2D eigenvalue weighted by Gasteiger charge is -2.34. The largest absolute Gasteiger partial charge is 0.349 e. The maximum absolute atomic E-state index is 13.0. The number of hydrogen-bond acceptors (Lipinski definition) is 2. The molecule has 3 amide bonds. The summed E-state index contributed by atoms with van der Waals surface area (Å²) in [5.74, 6) is -0.0825. The molecular formula is C24H29N3O2. The molecule has 5 nitrogen and oxygen atoms in total. The molecule has 2 unspecified atom stereocenters. The molecule has 2 aromatic carbocycles. The van der Waals surface area contributed by atoms with E-state index in [1.165, 1.54) is 11.1 Å². The van der Waals surface area contributed by atoms with Crippen molar-refractivity contribution in [1.82, 2.24) is 10.2 Å². The molecule has 152 valence electrons. The van der Waals surface area contributed by atoms with Gasteiger partial charge in [0.05, 0.1) is 12.0 Å². The van der Waals surface area contributed by atoms with E-state index in [9.17, 15) is 9.59 Å². The minimum atomic E-state index is -0.152. The van der Waals surface area contributed by atoms with Crippen molar-refractivity contribution in [2.75, 3.05) is 18.4 Å². The summed E-state index contributed by atoms with van der Waals surface area (Å²) in [7, 11) is 0. The summed E-state index contributed by atoms with van der Waals surface area (Å²) in [6.07, 6.45) is 4.83. The van der Waals surface area contributed by atoms with Crippen LogP contribution in [-0.4, -0.2) is 29.9 Å². The molecule has 5 heteroatoms. The van der Waals surface area contributed by atoms with E-state index in [1.807, 2.05) is 37.3 Å². The van der Waals surface area contributed by atoms with Crippen LogP contribution >= 0.6 is 0 Å². The summed E-state index contributed by atoms with van der Waals surface area (Å²) in [4.78, 5) is 27.4. The number of nitrogens with zero attached hydrogens (tertiary/aromatic N) is 1. The molecular weight excluding hydrogens is 362 g/mol. The monoisotopic (exact) mass is 391 g/mol. The van der Waals surface area contributed by atoms with Crippen molar-refractivity contribution in [3.8, 4) is 0 Å². The Morgan fingerprint density at radius 2 is 1.90 bits per heavy atom. The lowest BCUT2D eigenvalue weighted by Crippen LogP contribution is -2.47. The molecule has 1 aliphatic carbocycles. The van der Waals surface area contributed by atoms with E-state index in [1.54, 1.807) is 4.90 Å². The van der Waals surface area contributed by atoms with Crippen LogP contribution in [0.25, 0.3) is 0 Å². The number of likely N-dealkylation sites (tertiary alicyclic amines) is 1. The molecule has 2 N–H and O–H groups in total. The van der Waals surface area contributed by atoms with Gasteiger partial charge in [-0.15, -0.1) is 0 Å². The number of hydrogen-bond donors (Lipinski definition) is 2. The molecule has 0 bridgehead atoms. The van der Waals surface area contributed by atoms with Gasteiger partial charge < -0.3 is 15.5 Å². The zero-order valence-corrected chi connectivity index (χ0v) is 17.0. The van der Waals surface area contributed by atoms with Crippen LogP contribution in [0.5, 0.6) is 0 Å². The Morgan fingerprint density at radius 3 is 2.76 bits per heavy atom. The van der Waals surface area contributed by atoms with E-state index in [-0.39, 0.29) is 23.9 Å². The molecule has 0 aromatic heterocycles. The summed E-state index contributed by atoms with van der Waals surface area (Å²) in [6.45, 7) is 3.16. The average molecular weight is 392 g/mol. The molecule has 2 aromatic rings. The fourth-order valence-corrected chi connectivity index (χ4v) is 4.49. The van der Waals surface area contributed by atoms with Crippen LogP contribution < -0.4 is 10.6 Å². The summed E-state index contributed by atoms with van der Waals surface area (Å²) in [5.41, 5.74) is 4.48. The van der Waals surface area contributed by atoms with Gasteiger partial charge in [0, 0.05) is 18.8 Å². The Labute approximate surface area is 172 Å². The molecule has 2 aliphatic rings. The molecule has 1 saturated heterocycles. The molecule has 4 rings (SSSR count). The summed E-state index contributed by atoms with van der Waals surface area (Å²) < 4.78 is 0. The van der Waals surface area contributed by atoms with Crippen molar-refractivity contribution in [1.29, 1.82) is 0 Å². The van der Waals surface area contributed by atoms with Crippen molar-refractivity contribution in [2.24, 2.45) is 5.92 Å².